The topological polar surface area (TPSA) is 95.3 Å². The minimum Gasteiger partial charge on any atom is -0.396 e. The zero-order chi connectivity index (χ0) is 16.5. The first kappa shape index (κ1) is 17.2. The van der Waals surface area contributed by atoms with Crippen molar-refractivity contribution >= 4 is 8.07 Å². The van der Waals surface area contributed by atoms with E-state index in [4.69, 9.17) is 0 Å². The Labute approximate surface area is 130 Å². The molecule has 1 aromatic heterocycles. The van der Waals surface area contributed by atoms with Gasteiger partial charge in [0.15, 0.2) is 0 Å². The highest BCUT2D eigenvalue weighted by Crippen LogP contribution is 2.33. The van der Waals surface area contributed by atoms with E-state index in [2.05, 4.69) is 24.6 Å². The number of aromatic amines is 1. The summed E-state index contributed by atoms with van der Waals surface area (Å²) in [6.45, 7) is 6.65. The lowest BCUT2D eigenvalue weighted by atomic mass is 10.1. The van der Waals surface area contributed by atoms with Crippen LogP contribution in [0.15, 0.2) is 15.8 Å². The van der Waals surface area contributed by atoms with Crippen LogP contribution in [0.25, 0.3) is 0 Å². The lowest BCUT2D eigenvalue weighted by Crippen LogP contribution is -2.34. The second-order valence-electron chi connectivity index (χ2n) is 7.52. The number of nitrogens with zero attached hydrogens (tertiary/aromatic N) is 1. The number of aromatic nitrogens is 2. The van der Waals surface area contributed by atoms with Crippen molar-refractivity contribution in [2.45, 2.75) is 57.1 Å². The first-order chi connectivity index (χ1) is 10.2. The van der Waals surface area contributed by atoms with E-state index in [1.807, 2.05) is 0 Å². The molecule has 0 aliphatic heterocycles. The SMILES string of the molecule is C[Si](C)(C)CCc1cn(C2CC(O)C(CO)C2)c(=O)[nH]c1=O. The van der Waals surface area contributed by atoms with Crippen molar-refractivity contribution < 1.29 is 10.2 Å². The van der Waals surface area contributed by atoms with Crippen molar-refractivity contribution in [3.63, 3.8) is 0 Å². The van der Waals surface area contributed by atoms with Crippen LogP contribution in [0.1, 0.15) is 24.4 Å². The van der Waals surface area contributed by atoms with Crippen LogP contribution in [0.5, 0.6) is 0 Å². The van der Waals surface area contributed by atoms with E-state index < -0.39 is 19.9 Å². The fraction of sp³-hybridized carbons (Fsp3) is 0.733. The Morgan fingerprint density at radius 2 is 2.00 bits per heavy atom. The molecule has 124 valence electrons. The Morgan fingerprint density at radius 1 is 1.32 bits per heavy atom. The van der Waals surface area contributed by atoms with Crippen molar-refractivity contribution in [1.29, 1.82) is 0 Å². The van der Waals surface area contributed by atoms with Crippen LogP contribution in [0.4, 0.5) is 0 Å². The van der Waals surface area contributed by atoms with E-state index in [9.17, 15) is 19.8 Å². The molecule has 7 heteroatoms. The molecule has 22 heavy (non-hydrogen) atoms. The fourth-order valence-electron chi connectivity index (χ4n) is 2.98. The Balaban J connectivity index is 2.26. The number of nitrogens with one attached hydrogen (secondary N) is 1. The van der Waals surface area contributed by atoms with Gasteiger partial charge in [0, 0.05) is 38.4 Å². The number of hydrogen-bond acceptors (Lipinski definition) is 4. The number of H-pyrrole nitrogens is 1. The highest BCUT2D eigenvalue weighted by molar-refractivity contribution is 6.76. The number of aryl methyl sites for hydroxylation is 1. The molecule has 0 saturated heterocycles. The molecule has 3 unspecified atom stereocenters. The van der Waals surface area contributed by atoms with Gasteiger partial charge in [-0.25, -0.2) is 4.79 Å². The predicted molar refractivity (Wildman–Crippen MR) is 88.0 cm³/mol. The van der Waals surface area contributed by atoms with Crippen molar-refractivity contribution in [2.75, 3.05) is 6.61 Å². The highest BCUT2D eigenvalue weighted by atomic mass is 28.3. The summed E-state index contributed by atoms with van der Waals surface area (Å²) >= 11 is 0. The summed E-state index contributed by atoms with van der Waals surface area (Å²) in [6, 6.07) is 0.822. The third-order valence-corrected chi connectivity index (χ3v) is 6.20. The van der Waals surface area contributed by atoms with Gasteiger partial charge in [-0.15, -0.1) is 0 Å². The molecule has 1 aromatic rings. The first-order valence-corrected chi connectivity index (χ1v) is 11.6. The lowest BCUT2D eigenvalue weighted by Gasteiger charge is -2.17. The van der Waals surface area contributed by atoms with E-state index in [0.717, 1.165) is 6.04 Å². The molecule has 3 atom stereocenters. The van der Waals surface area contributed by atoms with E-state index >= 15 is 0 Å². The van der Waals surface area contributed by atoms with Crippen LogP contribution in [0.3, 0.4) is 0 Å². The summed E-state index contributed by atoms with van der Waals surface area (Å²) in [7, 11) is -1.27. The van der Waals surface area contributed by atoms with Crippen LogP contribution in [0.2, 0.25) is 25.7 Å². The molecule has 0 aromatic carbocycles. The summed E-state index contributed by atoms with van der Waals surface area (Å²) in [5.41, 5.74) is -0.113. The van der Waals surface area contributed by atoms with E-state index in [1.54, 1.807) is 6.20 Å². The van der Waals surface area contributed by atoms with Crippen LogP contribution in [0, 0.1) is 5.92 Å². The van der Waals surface area contributed by atoms with Gasteiger partial charge in [0.05, 0.1) is 6.10 Å². The van der Waals surface area contributed by atoms with Gasteiger partial charge < -0.3 is 10.2 Å². The third kappa shape index (κ3) is 3.96. The van der Waals surface area contributed by atoms with E-state index in [1.165, 1.54) is 4.57 Å². The Bertz CT molecular complexity index is 632. The maximum absolute atomic E-state index is 12.1. The lowest BCUT2D eigenvalue weighted by molar-refractivity contribution is 0.0906. The number of hydrogen-bond donors (Lipinski definition) is 3. The Kier molecular flexibility index (Phi) is 5.09. The van der Waals surface area contributed by atoms with Crippen molar-refractivity contribution in [2.24, 2.45) is 5.92 Å². The van der Waals surface area contributed by atoms with Gasteiger partial charge in [0.25, 0.3) is 5.56 Å². The molecule has 1 fully saturated rings. The highest BCUT2D eigenvalue weighted by Gasteiger charge is 2.34. The summed E-state index contributed by atoms with van der Waals surface area (Å²) in [5, 5.41) is 19.1. The third-order valence-electron chi connectivity index (χ3n) is 4.45. The summed E-state index contributed by atoms with van der Waals surface area (Å²) in [6.07, 6.45) is 2.71. The van der Waals surface area contributed by atoms with Crippen molar-refractivity contribution in [3.05, 3.63) is 32.6 Å². The second-order valence-corrected chi connectivity index (χ2v) is 13.1. The number of aliphatic hydroxyl groups is 2. The van der Waals surface area contributed by atoms with Gasteiger partial charge in [0.2, 0.25) is 0 Å². The molecule has 2 rings (SSSR count). The van der Waals surface area contributed by atoms with Gasteiger partial charge in [-0.2, -0.15) is 0 Å². The standard InChI is InChI=1S/C15H26N2O4Si/c1-22(2,3)5-4-10-8-17(15(21)16-14(10)20)12-6-11(9-18)13(19)7-12/h8,11-13,18-19H,4-7,9H2,1-3H3,(H,16,20,21). The predicted octanol–water partition coefficient (Wildman–Crippen LogP) is 0.722. The van der Waals surface area contributed by atoms with Gasteiger partial charge in [-0.1, -0.05) is 25.7 Å². The van der Waals surface area contributed by atoms with Gasteiger partial charge in [0.1, 0.15) is 0 Å². The maximum atomic E-state index is 12.1. The van der Waals surface area contributed by atoms with Crippen molar-refractivity contribution in [3.8, 4) is 0 Å². The molecule has 6 nitrogen and oxygen atoms in total. The fourth-order valence-corrected chi connectivity index (χ4v) is 4.00. The monoisotopic (exact) mass is 326 g/mol. The molecule has 1 saturated carbocycles. The van der Waals surface area contributed by atoms with Crippen LogP contribution in [-0.2, 0) is 6.42 Å². The normalized spacial score (nSPS) is 25.6. The summed E-state index contributed by atoms with van der Waals surface area (Å²) < 4.78 is 1.53. The molecule has 0 amide bonds. The maximum Gasteiger partial charge on any atom is 0.328 e. The number of aliphatic hydroxyl groups excluding tert-OH is 2. The molecular weight excluding hydrogens is 300 g/mol. The van der Waals surface area contributed by atoms with Crippen LogP contribution in [-0.4, -0.2) is 40.5 Å². The number of rotatable bonds is 5. The van der Waals surface area contributed by atoms with E-state index in [-0.39, 0.29) is 24.1 Å². The molecule has 1 aliphatic rings. The largest absolute Gasteiger partial charge is 0.396 e. The first-order valence-electron chi connectivity index (χ1n) is 7.84. The van der Waals surface area contributed by atoms with Gasteiger partial charge in [-0.3, -0.25) is 14.3 Å². The smallest absolute Gasteiger partial charge is 0.328 e. The van der Waals surface area contributed by atoms with Crippen LogP contribution >= 0.6 is 0 Å². The average molecular weight is 326 g/mol. The minimum atomic E-state index is -1.27. The quantitative estimate of drug-likeness (QED) is 0.695. The van der Waals surface area contributed by atoms with Crippen molar-refractivity contribution in [1.82, 2.24) is 9.55 Å². The zero-order valence-electron chi connectivity index (χ0n) is 13.5. The molecule has 0 spiro atoms. The molecule has 0 bridgehead atoms. The molecule has 3 N–H and O–H groups in total. The average Bonchev–Trinajstić information content (AvgIpc) is 2.77. The summed E-state index contributed by atoms with van der Waals surface area (Å²) in [4.78, 5) is 26.4. The second kappa shape index (κ2) is 6.52. The minimum absolute atomic E-state index is 0.0851. The van der Waals surface area contributed by atoms with Gasteiger partial charge >= 0.3 is 5.69 Å². The van der Waals surface area contributed by atoms with E-state index in [0.29, 0.717) is 24.8 Å². The molecule has 1 aliphatic carbocycles. The molecule has 0 radical (unpaired) electrons. The zero-order valence-corrected chi connectivity index (χ0v) is 14.5. The Morgan fingerprint density at radius 3 is 2.55 bits per heavy atom. The molecular formula is C15H26N2O4Si. The Hall–Kier alpha value is -1.18. The summed E-state index contributed by atoms with van der Waals surface area (Å²) in [5.74, 6) is -0.200. The van der Waals surface area contributed by atoms with Gasteiger partial charge in [-0.05, 0) is 19.3 Å². The molecule has 1 heterocycles. The van der Waals surface area contributed by atoms with Crippen LogP contribution < -0.4 is 11.2 Å².